The van der Waals surface area contributed by atoms with Crippen LogP contribution < -0.4 is 20.1 Å². The highest BCUT2D eigenvalue weighted by Gasteiger charge is 2.26. The third-order valence-corrected chi connectivity index (χ3v) is 5.25. The van der Waals surface area contributed by atoms with Crippen LogP contribution in [0.15, 0.2) is 48.5 Å². The summed E-state index contributed by atoms with van der Waals surface area (Å²) in [5, 5.41) is 5.91. The van der Waals surface area contributed by atoms with Crippen molar-refractivity contribution < 1.29 is 14.3 Å². The summed E-state index contributed by atoms with van der Waals surface area (Å²) < 4.78 is 11.0. The molecular formula is C21H26N4O3. The summed E-state index contributed by atoms with van der Waals surface area (Å²) in [5.41, 5.74) is 1.90. The molecule has 2 heterocycles. The minimum atomic E-state index is -0.203. The number of hydrogen-bond donors (Lipinski definition) is 2. The van der Waals surface area contributed by atoms with Gasteiger partial charge in [-0.2, -0.15) is 0 Å². The molecule has 0 radical (unpaired) electrons. The molecule has 1 unspecified atom stereocenters. The van der Waals surface area contributed by atoms with Gasteiger partial charge in [-0.15, -0.1) is 0 Å². The molecule has 7 heteroatoms. The molecule has 4 rings (SSSR count). The van der Waals surface area contributed by atoms with E-state index in [0.717, 1.165) is 48.9 Å². The van der Waals surface area contributed by atoms with Crippen LogP contribution >= 0.6 is 0 Å². The molecule has 1 fully saturated rings. The van der Waals surface area contributed by atoms with Crippen LogP contribution in [0.2, 0.25) is 0 Å². The monoisotopic (exact) mass is 382 g/mol. The minimum Gasteiger partial charge on any atom is -0.454 e. The predicted molar refractivity (Wildman–Crippen MR) is 108 cm³/mol. The van der Waals surface area contributed by atoms with Crippen LogP contribution in [0.3, 0.4) is 0 Å². The van der Waals surface area contributed by atoms with Gasteiger partial charge in [-0.3, -0.25) is 4.90 Å². The number of amides is 2. The van der Waals surface area contributed by atoms with Gasteiger partial charge in [0.05, 0.1) is 6.04 Å². The van der Waals surface area contributed by atoms with Crippen LogP contribution in [0.5, 0.6) is 11.5 Å². The highest BCUT2D eigenvalue weighted by atomic mass is 16.7. The molecule has 1 atom stereocenters. The number of nitrogens with one attached hydrogen (secondary N) is 2. The zero-order valence-electron chi connectivity index (χ0n) is 16.1. The van der Waals surface area contributed by atoms with Crippen molar-refractivity contribution in [2.24, 2.45) is 0 Å². The Morgan fingerprint density at radius 1 is 1.04 bits per heavy atom. The number of ether oxygens (including phenoxy) is 2. The lowest BCUT2D eigenvalue weighted by Gasteiger charge is -2.38. The quantitative estimate of drug-likeness (QED) is 0.832. The first kappa shape index (κ1) is 18.6. The average molecular weight is 382 g/mol. The summed E-state index contributed by atoms with van der Waals surface area (Å²) in [7, 11) is 2.14. The number of likely N-dealkylation sites (N-methyl/N-ethyl adjacent to an activating group) is 1. The third kappa shape index (κ3) is 4.37. The lowest BCUT2D eigenvalue weighted by Crippen LogP contribution is -2.48. The van der Waals surface area contributed by atoms with Crippen molar-refractivity contribution in [2.45, 2.75) is 6.04 Å². The molecule has 0 bridgehead atoms. The molecule has 28 heavy (non-hydrogen) atoms. The SMILES string of the molecule is CN1CCN(C(CNC(=O)Nc2ccccc2)c2ccc3c(c2)OCO3)CC1. The Balaban J connectivity index is 1.46. The molecule has 2 aromatic carbocycles. The van der Waals surface area contributed by atoms with Crippen molar-refractivity contribution in [1.29, 1.82) is 0 Å². The summed E-state index contributed by atoms with van der Waals surface area (Å²) in [5.74, 6) is 1.54. The van der Waals surface area contributed by atoms with Crippen molar-refractivity contribution in [3.05, 3.63) is 54.1 Å². The van der Waals surface area contributed by atoms with E-state index in [9.17, 15) is 4.79 Å². The fourth-order valence-corrected chi connectivity index (χ4v) is 3.60. The molecule has 2 aliphatic heterocycles. The number of fused-ring (bicyclic) bond motifs is 1. The zero-order valence-corrected chi connectivity index (χ0v) is 16.1. The number of rotatable bonds is 5. The van der Waals surface area contributed by atoms with E-state index in [4.69, 9.17) is 9.47 Å². The second-order valence-corrected chi connectivity index (χ2v) is 7.17. The van der Waals surface area contributed by atoms with Gasteiger partial charge >= 0.3 is 6.03 Å². The van der Waals surface area contributed by atoms with Gasteiger partial charge in [0.2, 0.25) is 6.79 Å². The van der Waals surface area contributed by atoms with Crippen molar-refractivity contribution in [3.8, 4) is 11.5 Å². The van der Waals surface area contributed by atoms with Crippen LogP contribution in [0.4, 0.5) is 10.5 Å². The van der Waals surface area contributed by atoms with E-state index in [1.165, 1.54) is 0 Å². The van der Waals surface area contributed by atoms with E-state index in [2.05, 4.69) is 33.5 Å². The van der Waals surface area contributed by atoms with Gasteiger partial charge in [0.1, 0.15) is 0 Å². The maximum atomic E-state index is 12.4. The Morgan fingerprint density at radius 2 is 1.79 bits per heavy atom. The van der Waals surface area contributed by atoms with Crippen LogP contribution in [0, 0.1) is 0 Å². The number of benzene rings is 2. The number of para-hydroxylation sites is 1. The normalized spacial score (nSPS) is 17.9. The van der Waals surface area contributed by atoms with Crippen LogP contribution in [-0.2, 0) is 0 Å². The first-order valence-electron chi connectivity index (χ1n) is 9.61. The Bertz CT molecular complexity index is 807. The molecule has 0 saturated carbocycles. The molecule has 1 saturated heterocycles. The number of carbonyl (C=O) groups excluding carboxylic acids is 1. The van der Waals surface area contributed by atoms with Gasteiger partial charge in [0, 0.05) is 38.4 Å². The average Bonchev–Trinajstić information content (AvgIpc) is 3.18. The number of hydrogen-bond acceptors (Lipinski definition) is 5. The summed E-state index contributed by atoms with van der Waals surface area (Å²) in [6.45, 7) is 4.71. The summed E-state index contributed by atoms with van der Waals surface area (Å²) in [4.78, 5) is 17.1. The zero-order chi connectivity index (χ0) is 19.3. The summed E-state index contributed by atoms with van der Waals surface area (Å²) in [6, 6.07) is 15.4. The van der Waals surface area contributed by atoms with Gasteiger partial charge < -0.3 is 25.0 Å². The molecule has 2 N–H and O–H groups in total. The molecular weight excluding hydrogens is 356 g/mol. The molecule has 2 amide bonds. The van der Waals surface area contributed by atoms with E-state index in [-0.39, 0.29) is 18.9 Å². The molecule has 7 nitrogen and oxygen atoms in total. The number of urea groups is 1. The largest absolute Gasteiger partial charge is 0.454 e. The number of carbonyl (C=O) groups is 1. The molecule has 2 aromatic rings. The summed E-state index contributed by atoms with van der Waals surface area (Å²) >= 11 is 0. The first-order chi connectivity index (χ1) is 13.7. The molecule has 0 aliphatic carbocycles. The van der Waals surface area contributed by atoms with Gasteiger partial charge in [0.25, 0.3) is 0 Å². The molecule has 0 aromatic heterocycles. The topological polar surface area (TPSA) is 66.1 Å². The summed E-state index contributed by atoms with van der Waals surface area (Å²) in [6.07, 6.45) is 0. The molecule has 2 aliphatic rings. The highest BCUT2D eigenvalue weighted by molar-refractivity contribution is 5.89. The molecule has 148 valence electrons. The first-order valence-corrected chi connectivity index (χ1v) is 9.61. The second kappa shape index (κ2) is 8.50. The Kier molecular flexibility index (Phi) is 5.64. The van der Waals surface area contributed by atoms with Crippen LogP contribution in [0.25, 0.3) is 0 Å². The van der Waals surface area contributed by atoms with E-state index < -0.39 is 0 Å². The number of piperazine rings is 1. The van der Waals surface area contributed by atoms with Gasteiger partial charge in [-0.1, -0.05) is 24.3 Å². The maximum Gasteiger partial charge on any atom is 0.319 e. The number of nitrogens with zero attached hydrogens (tertiary/aromatic N) is 2. The Morgan fingerprint density at radius 3 is 2.57 bits per heavy atom. The van der Waals surface area contributed by atoms with Crippen LogP contribution in [0.1, 0.15) is 11.6 Å². The Labute approximate surface area is 165 Å². The second-order valence-electron chi connectivity index (χ2n) is 7.17. The van der Waals surface area contributed by atoms with E-state index in [1.54, 1.807) is 0 Å². The van der Waals surface area contributed by atoms with Gasteiger partial charge in [-0.05, 0) is 36.9 Å². The van der Waals surface area contributed by atoms with E-state index in [0.29, 0.717) is 6.54 Å². The Hall–Kier alpha value is -2.77. The third-order valence-electron chi connectivity index (χ3n) is 5.25. The fourth-order valence-electron chi connectivity index (χ4n) is 3.60. The van der Waals surface area contributed by atoms with Crippen molar-refractivity contribution in [3.63, 3.8) is 0 Å². The fraction of sp³-hybridized carbons (Fsp3) is 0.381. The highest BCUT2D eigenvalue weighted by Crippen LogP contribution is 2.35. The van der Waals surface area contributed by atoms with E-state index >= 15 is 0 Å². The number of anilines is 1. The van der Waals surface area contributed by atoms with Gasteiger partial charge in [-0.25, -0.2) is 4.79 Å². The minimum absolute atomic E-state index is 0.0738. The van der Waals surface area contributed by atoms with Crippen LogP contribution in [-0.4, -0.2) is 62.4 Å². The smallest absolute Gasteiger partial charge is 0.319 e. The lowest BCUT2D eigenvalue weighted by atomic mass is 10.0. The predicted octanol–water partition coefficient (Wildman–Crippen LogP) is 2.53. The van der Waals surface area contributed by atoms with E-state index in [1.807, 2.05) is 42.5 Å². The van der Waals surface area contributed by atoms with Crippen molar-refractivity contribution in [1.82, 2.24) is 15.1 Å². The lowest BCUT2D eigenvalue weighted by molar-refractivity contribution is 0.111. The maximum absolute atomic E-state index is 12.4. The molecule has 0 spiro atoms. The van der Waals surface area contributed by atoms with Crippen molar-refractivity contribution >= 4 is 11.7 Å². The standard InChI is InChI=1S/C21H26N4O3/c1-24-9-11-25(12-10-24)18(16-7-8-19-20(13-16)28-15-27-19)14-22-21(26)23-17-5-3-2-4-6-17/h2-8,13,18H,9-12,14-15H2,1H3,(H2,22,23,26). The van der Waals surface area contributed by atoms with Crippen molar-refractivity contribution in [2.75, 3.05) is 51.9 Å². The van der Waals surface area contributed by atoms with Gasteiger partial charge in [0.15, 0.2) is 11.5 Å².